The summed E-state index contributed by atoms with van der Waals surface area (Å²) in [4.78, 5) is 16.5. The molecule has 0 fully saturated rings. The van der Waals surface area contributed by atoms with Crippen LogP contribution in [0.4, 0.5) is 0 Å². The van der Waals surface area contributed by atoms with Crippen molar-refractivity contribution in [3.8, 4) is 11.8 Å². The molecule has 1 unspecified atom stereocenters. The summed E-state index contributed by atoms with van der Waals surface area (Å²) in [5.41, 5.74) is 3.50. The molecule has 1 aliphatic heterocycles. The number of hydrogen-bond acceptors (Lipinski definition) is 4. The number of fused-ring (bicyclic) bond motifs is 1. The molecule has 0 bridgehead atoms. The lowest BCUT2D eigenvalue weighted by molar-refractivity contribution is 0.0744. The minimum absolute atomic E-state index is 0.0891. The molecule has 0 spiro atoms. The van der Waals surface area contributed by atoms with Crippen LogP contribution in [0.1, 0.15) is 33.1 Å². The van der Waals surface area contributed by atoms with Crippen LogP contribution in [0.15, 0.2) is 42.5 Å². The molecular weight excluding hydrogens is 314 g/mol. The van der Waals surface area contributed by atoms with Gasteiger partial charge in [0, 0.05) is 24.2 Å². The Bertz CT molecular complexity index is 822. The van der Waals surface area contributed by atoms with Gasteiger partial charge in [0.1, 0.15) is 11.8 Å². The minimum atomic E-state index is -0.549. The lowest BCUT2D eigenvalue weighted by Gasteiger charge is -2.20. The van der Waals surface area contributed by atoms with E-state index in [0.29, 0.717) is 12.1 Å². The zero-order valence-electron chi connectivity index (χ0n) is 14.7. The van der Waals surface area contributed by atoms with E-state index < -0.39 is 6.04 Å². The molecule has 0 radical (unpaired) electrons. The summed E-state index contributed by atoms with van der Waals surface area (Å²) in [5, 5.41) is 9.66. The van der Waals surface area contributed by atoms with Crippen LogP contribution in [0.3, 0.4) is 0 Å². The van der Waals surface area contributed by atoms with Crippen molar-refractivity contribution in [3.05, 3.63) is 64.7 Å². The molecule has 0 aliphatic carbocycles. The molecule has 2 aromatic carbocycles. The van der Waals surface area contributed by atoms with Gasteiger partial charge < -0.3 is 14.5 Å². The summed E-state index contributed by atoms with van der Waals surface area (Å²) in [6.45, 7) is 1.18. The molecule has 1 aliphatic rings. The Labute approximate surface area is 148 Å². The van der Waals surface area contributed by atoms with E-state index >= 15 is 0 Å². The maximum Gasteiger partial charge on any atom is 0.255 e. The normalized spacial score (nSPS) is 16.0. The highest BCUT2D eigenvalue weighted by Crippen LogP contribution is 2.35. The summed E-state index contributed by atoms with van der Waals surface area (Å²) in [6, 6.07) is 15.1. The number of benzene rings is 2. The number of methoxy groups -OCH3 is 1. The predicted octanol–water partition coefficient (Wildman–Crippen LogP) is 2.98. The van der Waals surface area contributed by atoms with E-state index in [4.69, 9.17) is 4.74 Å². The van der Waals surface area contributed by atoms with Crippen LogP contribution < -0.4 is 4.74 Å². The third kappa shape index (κ3) is 3.35. The molecule has 128 valence electrons. The predicted molar refractivity (Wildman–Crippen MR) is 95.1 cm³/mol. The highest BCUT2D eigenvalue weighted by molar-refractivity contribution is 5.99. The molecule has 5 nitrogen and oxygen atoms in total. The van der Waals surface area contributed by atoms with E-state index in [9.17, 15) is 10.1 Å². The van der Waals surface area contributed by atoms with Crippen LogP contribution in [0.25, 0.3) is 0 Å². The fraction of sp³-hybridized carbons (Fsp3) is 0.300. The molecule has 3 rings (SSSR count). The Morgan fingerprint density at radius 1 is 1.16 bits per heavy atom. The van der Waals surface area contributed by atoms with Gasteiger partial charge in [-0.2, -0.15) is 5.26 Å². The first-order chi connectivity index (χ1) is 12.0. The average molecular weight is 335 g/mol. The summed E-state index contributed by atoms with van der Waals surface area (Å²) in [7, 11) is 5.61. The second kappa shape index (κ2) is 6.96. The van der Waals surface area contributed by atoms with E-state index in [2.05, 4.69) is 11.0 Å². The molecule has 1 heterocycles. The Balaban J connectivity index is 1.88. The molecule has 0 saturated heterocycles. The van der Waals surface area contributed by atoms with E-state index in [1.165, 1.54) is 0 Å². The zero-order chi connectivity index (χ0) is 18.0. The number of rotatable bonds is 5. The fourth-order valence-electron chi connectivity index (χ4n) is 3.17. The molecule has 0 saturated carbocycles. The number of hydrogen-bond donors (Lipinski definition) is 0. The van der Waals surface area contributed by atoms with Crippen molar-refractivity contribution in [2.45, 2.75) is 19.1 Å². The number of ether oxygens (including phenoxy) is 1. The van der Waals surface area contributed by atoms with Gasteiger partial charge in [0.25, 0.3) is 5.91 Å². The summed E-state index contributed by atoms with van der Waals surface area (Å²) >= 11 is 0. The number of amides is 1. The van der Waals surface area contributed by atoms with Crippen LogP contribution >= 0.6 is 0 Å². The fourth-order valence-corrected chi connectivity index (χ4v) is 3.17. The van der Waals surface area contributed by atoms with Gasteiger partial charge in [-0.1, -0.05) is 24.3 Å². The maximum absolute atomic E-state index is 12.8. The molecule has 1 atom stereocenters. The first kappa shape index (κ1) is 17.0. The van der Waals surface area contributed by atoms with Gasteiger partial charge in [-0.25, -0.2) is 0 Å². The quantitative estimate of drug-likeness (QED) is 0.843. The summed E-state index contributed by atoms with van der Waals surface area (Å²) in [6.07, 6.45) is 0. The Kier molecular flexibility index (Phi) is 4.73. The van der Waals surface area contributed by atoms with Crippen molar-refractivity contribution in [3.63, 3.8) is 0 Å². The monoisotopic (exact) mass is 335 g/mol. The molecule has 25 heavy (non-hydrogen) atoms. The van der Waals surface area contributed by atoms with E-state index in [-0.39, 0.29) is 5.91 Å². The highest BCUT2D eigenvalue weighted by Gasteiger charge is 2.36. The lowest BCUT2D eigenvalue weighted by atomic mass is 10.0. The molecular formula is C20H21N3O2. The largest absolute Gasteiger partial charge is 0.497 e. The van der Waals surface area contributed by atoms with Crippen molar-refractivity contribution in [1.29, 1.82) is 5.26 Å². The standard InChI is InChI=1S/C20H21N3O2/c1-22(2)12-15-6-9-17-18(10-15)19(11-21)23(20(17)24)13-14-4-7-16(25-3)8-5-14/h4-10,19H,12-13H2,1-3H3. The number of carbonyl (C=O) groups excluding carboxylic acids is 1. The van der Waals surface area contributed by atoms with Gasteiger partial charge in [-0.15, -0.1) is 0 Å². The lowest BCUT2D eigenvalue weighted by Crippen LogP contribution is -2.26. The van der Waals surface area contributed by atoms with Crippen molar-refractivity contribution in [2.75, 3.05) is 21.2 Å². The van der Waals surface area contributed by atoms with Crippen molar-refractivity contribution in [2.24, 2.45) is 0 Å². The van der Waals surface area contributed by atoms with Crippen LogP contribution in [0.2, 0.25) is 0 Å². The third-order valence-corrected chi connectivity index (χ3v) is 4.35. The Morgan fingerprint density at radius 2 is 1.84 bits per heavy atom. The zero-order valence-corrected chi connectivity index (χ0v) is 14.7. The van der Waals surface area contributed by atoms with Crippen LogP contribution in [-0.2, 0) is 13.1 Å². The SMILES string of the molecule is COc1ccc(CN2C(=O)c3ccc(CN(C)C)cc3C2C#N)cc1. The van der Waals surface area contributed by atoms with Gasteiger partial charge in [-0.3, -0.25) is 4.79 Å². The van der Waals surface area contributed by atoms with Crippen molar-refractivity contribution in [1.82, 2.24) is 9.80 Å². The highest BCUT2D eigenvalue weighted by atomic mass is 16.5. The second-order valence-corrected chi connectivity index (χ2v) is 6.47. The van der Waals surface area contributed by atoms with Gasteiger partial charge in [-0.05, 0) is 43.4 Å². The topological polar surface area (TPSA) is 56.6 Å². The van der Waals surface area contributed by atoms with E-state index in [1.807, 2.05) is 56.6 Å². The van der Waals surface area contributed by atoms with Gasteiger partial charge in [0.2, 0.25) is 0 Å². The molecule has 2 aromatic rings. The summed E-state index contributed by atoms with van der Waals surface area (Å²) < 4.78 is 5.16. The van der Waals surface area contributed by atoms with Crippen molar-refractivity contribution < 1.29 is 9.53 Å². The molecule has 5 heteroatoms. The maximum atomic E-state index is 12.8. The molecule has 0 aromatic heterocycles. The minimum Gasteiger partial charge on any atom is -0.497 e. The number of nitriles is 1. The first-order valence-electron chi connectivity index (χ1n) is 8.14. The van der Waals surface area contributed by atoms with Crippen molar-refractivity contribution >= 4 is 5.91 Å². The van der Waals surface area contributed by atoms with E-state index in [1.54, 1.807) is 12.0 Å². The van der Waals surface area contributed by atoms with Gasteiger partial charge >= 0.3 is 0 Å². The molecule has 0 N–H and O–H groups in total. The number of nitrogens with zero attached hydrogens (tertiary/aromatic N) is 3. The molecule has 1 amide bonds. The average Bonchev–Trinajstić information content (AvgIpc) is 2.86. The van der Waals surface area contributed by atoms with Crippen LogP contribution in [-0.4, -0.2) is 36.9 Å². The Hall–Kier alpha value is -2.84. The smallest absolute Gasteiger partial charge is 0.255 e. The van der Waals surface area contributed by atoms with Gasteiger partial charge in [0.15, 0.2) is 0 Å². The number of carbonyl (C=O) groups is 1. The summed E-state index contributed by atoms with van der Waals surface area (Å²) in [5.74, 6) is 0.679. The third-order valence-electron chi connectivity index (χ3n) is 4.35. The first-order valence-corrected chi connectivity index (χ1v) is 8.14. The van der Waals surface area contributed by atoms with E-state index in [0.717, 1.165) is 29.0 Å². The second-order valence-electron chi connectivity index (χ2n) is 6.47. The van der Waals surface area contributed by atoms with Gasteiger partial charge in [0.05, 0.1) is 13.2 Å². The Morgan fingerprint density at radius 3 is 2.44 bits per heavy atom. The van der Waals surface area contributed by atoms with Crippen LogP contribution in [0, 0.1) is 11.3 Å². The van der Waals surface area contributed by atoms with Crippen LogP contribution in [0.5, 0.6) is 5.75 Å².